The van der Waals surface area contributed by atoms with Crippen LogP contribution in [0, 0.1) is 5.41 Å². The molecule has 0 aromatic carbocycles. The minimum absolute atomic E-state index is 0.116. The normalized spacial score (nSPS) is 14.1. The summed E-state index contributed by atoms with van der Waals surface area (Å²) in [4.78, 5) is 0. The van der Waals surface area contributed by atoms with E-state index in [2.05, 4.69) is 83.1 Å². The summed E-state index contributed by atoms with van der Waals surface area (Å²) >= 11 is 0. The SMILES string of the molecule is CC(C)[Si](CCCOCC(CO)(CO)COCCC[Si](C(C)C)(C(C)C)C(C)C)(C(C)C)C(C)C. The zero-order valence-electron chi connectivity index (χ0n) is 25.7. The lowest BCUT2D eigenvalue weighted by Gasteiger charge is -2.43. The molecular weight excluding hydrogens is 468 g/mol. The van der Waals surface area contributed by atoms with Crippen molar-refractivity contribution in [3.8, 4) is 0 Å². The molecule has 0 atom stereocenters. The molecule has 0 spiro atoms. The van der Waals surface area contributed by atoms with Gasteiger partial charge in [0.15, 0.2) is 0 Å². The van der Waals surface area contributed by atoms with Crippen LogP contribution in [0.4, 0.5) is 0 Å². The van der Waals surface area contributed by atoms with E-state index < -0.39 is 21.6 Å². The average molecular weight is 533 g/mol. The van der Waals surface area contributed by atoms with Crippen LogP contribution in [-0.2, 0) is 9.47 Å². The molecule has 0 aliphatic heterocycles. The summed E-state index contributed by atoms with van der Waals surface area (Å²) in [5.41, 5.74) is 3.83. The number of rotatable bonds is 20. The minimum atomic E-state index is -1.41. The molecule has 0 radical (unpaired) electrons. The molecule has 0 unspecified atom stereocenters. The van der Waals surface area contributed by atoms with Gasteiger partial charge >= 0.3 is 0 Å². The van der Waals surface area contributed by atoms with Crippen LogP contribution in [0.3, 0.4) is 0 Å². The molecule has 0 aromatic heterocycles. The Morgan fingerprint density at radius 3 is 0.971 bits per heavy atom. The average Bonchev–Trinajstić information content (AvgIpc) is 2.75. The maximum absolute atomic E-state index is 10.1. The molecule has 212 valence electrons. The van der Waals surface area contributed by atoms with E-state index in [0.29, 0.717) is 26.4 Å². The highest BCUT2D eigenvalue weighted by atomic mass is 28.3. The van der Waals surface area contributed by atoms with E-state index >= 15 is 0 Å². The number of aliphatic hydroxyl groups is 2. The zero-order chi connectivity index (χ0) is 27.4. The number of hydrogen-bond acceptors (Lipinski definition) is 4. The summed E-state index contributed by atoms with van der Waals surface area (Å²) in [7, 11) is -2.82. The van der Waals surface area contributed by atoms with E-state index in [1.807, 2.05) is 0 Å². The maximum atomic E-state index is 10.1. The number of ether oxygens (including phenoxy) is 2. The van der Waals surface area contributed by atoms with Gasteiger partial charge < -0.3 is 19.7 Å². The fraction of sp³-hybridized carbons (Fsp3) is 1.00. The van der Waals surface area contributed by atoms with Crippen molar-refractivity contribution in [1.29, 1.82) is 0 Å². The smallest absolute Gasteiger partial charge is 0.0632 e. The van der Waals surface area contributed by atoms with E-state index in [9.17, 15) is 10.2 Å². The standard InChI is InChI=1S/C29H64O4Si2/c1-23(2)34(24(3)4,25(5)6)17-13-15-32-21-29(19-30,20-31)22-33-16-14-18-35(26(7)8,27(9)10)28(11)12/h23-28,30-31H,13-22H2,1-12H3. The second kappa shape index (κ2) is 16.3. The highest BCUT2D eigenvalue weighted by Crippen LogP contribution is 2.46. The summed E-state index contributed by atoms with van der Waals surface area (Å²) in [5.74, 6) is 0. The topological polar surface area (TPSA) is 58.9 Å². The van der Waals surface area contributed by atoms with Crippen molar-refractivity contribution in [2.45, 2.75) is 141 Å². The van der Waals surface area contributed by atoms with Crippen LogP contribution >= 0.6 is 0 Å². The molecule has 0 heterocycles. The molecule has 6 heteroatoms. The molecule has 0 aliphatic carbocycles. The van der Waals surface area contributed by atoms with Crippen molar-refractivity contribution in [3.63, 3.8) is 0 Å². The van der Waals surface area contributed by atoms with Gasteiger partial charge in [0.05, 0.1) is 48.0 Å². The molecular formula is C29H64O4Si2. The second-order valence-corrected chi connectivity index (χ2v) is 25.7. The predicted octanol–water partition coefficient (Wildman–Crippen LogP) is 8.13. The molecule has 0 amide bonds. The van der Waals surface area contributed by atoms with E-state index in [1.165, 1.54) is 12.1 Å². The zero-order valence-corrected chi connectivity index (χ0v) is 27.7. The monoisotopic (exact) mass is 532 g/mol. The van der Waals surface area contributed by atoms with Crippen molar-refractivity contribution < 1.29 is 19.7 Å². The second-order valence-electron chi connectivity index (χ2n) is 13.3. The van der Waals surface area contributed by atoms with Gasteiger partial charge in [-0.05, 0) is 12.8 Å². The molecule has 2 N–H and O–H groups in total. The van der Waals surface area contributed by atoms with Crippen LogP contribution in [0.1, 0.15) is 95.9 Å². The van der Waals surface area contributed by atoms with E-state index in [4.69, 9.17) is 9.47 Å². The lowest BCUT2D eigenvalue weighted by molar-refractivity contribution is -0.0767. The molecule has 0 bridgehead atoms. The van der Waals surface area contributed by atoms with Crippen LogP contribution in [0.5, 0.6) is 0 Å². The van der Waals surface area contributed by atoms with Crippen LogP contribution in [0.25, 0.3) is 0 Å². The van der Waals surface area contributed by atoms with Crippen molar-refractivity contribution in [2.24, 2.45) is 5.41 Å². The molecule has 0 aliphatic rings. The Hall–Kier alpha value is 0.274. The third-order valence-electron chi connectivity index (χ3n) is 9.73. The molecule has 4 nitrogen and oxygen atoms in total. The van der Waals surface area contributed by atoms with E-state index in [1.54, 1.807) is 0 Å². The summed E-state index contributed by atoms with van der Waals surface area (Å²) in [6.07, 6.45) is 2.11. The van der Waals surface area contributed by atoms with Gasteiger partial charge in [0, 0.05) is 13.2 Å². The quantitative estimate of drug-likeness (QED) is 0.123. The molecule has 0 saturated heterocycles. The highest BCUT2D eigenvalue weighted by Gasteiger charge is 2.42. The largest absolute Gasteiger partial charge is 0.396 e. The summed E-state index contributed by atoms with van der Waals surface area (Å²) in [6, 6.07) is 2.55. The van der Waals surface area contributed by atoms with Gasteiger partial charge in [-0.25, -0.2) is 0 Å². The van der Waals surface area contributed by atoms with Crippen LogP contribution in [0.15, 0.2) is 0 Å². The predicted molar refractivity (Wildman–Crippen MR) is 159 cm³/mol. The Balaban J connectivity index is 4.77. The maximum Gasteiger partial charge on any atom is 0.0632 e. The lowest BCUT2D eigenvalue weighted by atomic mass is 9.92. The van der Waals surface area contributed by atoms with Gasteiger partial charge in [-0.3, -0.25) is 0 Å². The third kappa shape index (κ3) is 9.21. The number of hydrogen-bond donors (Lipinski definition) is 2. The highest BCUT2D eigenvalue weighted by molar-refractivity contribution is 6.84. The van der Waals surface area contributed by atoms with Gasteiger partial charge in [0.1, 0.15) is 0 Å². The molecule has 0 fully saturated rings. The van der Waals surface area contributed by atoms with Crippen molar-refractivity contribution >= 4 is 16.1 Å². The van der Waals surface area contributed by atoms with Crippen molar-refractivity contribution in [2.75, 3.05) is 39.6 Å². The van der Waals surface area contributed by atoms with Gasteiger partial charge in [-0.15, -0.1) is 0 Å². The minimum Gasteiger partial charge on any atom is -0.396 e. The van der Waals surface area contributed by atoms with Crippen LogP contribution in [0.2, 0.25) is 45.3 Å². The fourth-order valence-corrected chi connectivity index (χ4v) is 20.5. The molecule has 0 rings (SSSR count). The Morgan fingerprint density at radius 1 is 0.514 bits per heavy atom. The van der Waals surface area contributed by atoms with Gasteiger partial charge in [-0.1, -0.05) is 128 Å². The first-order valence-corrected chi connectivity index (χ1v) is 19.4. The van der Waals surface area contributed by atoms with E-state index in [0.717, 1.165) is 46.1 Å². The number of aliphatic hydroxyl groups excluding tert-OH is 2. The van der Waals surface area contributed by atoms with Gasteiger partial charge in [0.25, 0.3) is 0 Å². The lowest BCUT2D eigenvalue weighted by Crippen LogP contribution is -2.44. The first-order valence-electron chi connectivity index (χ1n) is 14.6. The Labute approximate surface area is 222 Å². The Kier molecular flexibility index (Phi) is 16.4. The molecule has 0 aromatic rings. The first kappa shape index (κ1) is 35.3. The van der Waals surface area contributed by atoms with Crippen molar-refractivity contribution in [1.82, 2.24) is 0 Å². The molecule has 35 heavy (non-hydrogen) atoms. The van der Waals surface area contributed by atoms with Crippen LogP contribution in [-0.4, -0.2) is 66.0 Å². The van der Waals surface area contributed by atoms with Crippen molar-refractivity contribution in [3.05, 3.63) is 0 Å². The Bertz CT molecular complexity index is 455. The van der Waals surface area contributed by atoms with Gasteiger partial charge in [0.2, 0.25) is 0 Å². The first-order chi connectivity index (χ1) is 16.2. The molecule has 0 saturated carbocycles. The van der Waals surface area contributed by atoms with Gasteiger partial charge in [-0.2, -0.15) is 0 Å². The summed E-state index contributed by atoms with van der Waals surface area (Å²) in [6.45, 7) is 30.7. The summed E-state index contributed by atoms with van der Waals surface area (Å²) < 4.78 is 12.1. The summed E-state index contributed by atoms with van der Waals surface area (Å²) in [5, 5.41) is 20.2. The van der Waals surface area contributed by atoms with Crippen LogP contribution < -0.4 is 0 Å². The van der Waals surface area contributed by atoms with E-state index in [-0.39, 0.29) is 13.2 Å². The third-order valence-corrected chi connectivity index (χ3v) is 25.1. The Morgan fingerprint density at radius 2 is 0.771 bits per heavy atom. The fourth-order valence-electron chi connectivity index (χ4n) is 7.54.